The largest absolute Gasteiger partial charge is 0.381 e. The van der Waals surface area contributed by atoms with Gasteiger partial charge >= 0.3 is 0 Å². The Labute approximate surface area is 190 Å². The van der Waals surface area contributed by atoms with Crippen LogP contribution in [-0.4, -0.2) is 44.8 Å². The van der Waals surface area contributed by atoms with Crippen LogP contribution >= 0.6 is 0 Å². The molecule has 5 nitrogen and oxygen atoms in total. The van der Waals surface area contributed by atoms with Crippen molar-refractivity contribution in [3.63, 3.8) is 0 Å². The number of guanidine groups is 1. The average molecular weight is 439 g/mol. The van der Waals surface area contributed by atoms with Crippen molar-refractivity contribution in [3.05, 3.63) is 71.5 Å². The van der Waals surface area contributed by atoms with Gasteiger partial charge in [0.2, 0.25) is 0 Å². The Kier molecular flexibility index (Phi) is 7.11. The highest BCUT2D eigenvalue weighted by Gasteiger charge is 2.44. The third-order valence-electron chi connectivity index (χ3n) is 6.97. The van der Waals surface area contributed by atoms with Crippen LogP contribution in [0.1, 0.15) is 49.8 Å². The number of hydrogen-bond acceptors (Lipinski definition) is 3. The Hall–Kier alpha value is -2.44. The summed E-state index contributed by atoms with van der Waals surface area (Å²) in [4.78, 5) is 4.44. The summed E-state index contributed by atoms with van der Waals surface area (Å²) in [5, 5.41) is 10.9. The average Bonchev–Trinajstić information content (AvgIpc) is 3.62. The minimum Gasteiger partial charge on any atom is -0.381 e. The highest BCUT2D eigenvalue weighted by molar-refractivity contribution is 5.80. The van der Waals surface area contributed by atoms with Crippen LogP contribution < -0.4 is 16.0 Å². The molecule has 1 aliphatic heterocycles. The predicted molar refractivity (Wildman–Crippen MR) is 127 cm³/mol. The van der Waals surface area contributed by atoms with E-state index in [2.05, 4.69) is 52.1 Å². The summed E-state index contributed by atoms with van der Waals surface area (Å²) in [6.45, 7) is 5.24. The molecular formula is C26H35FN4O. The van der Waals surface area contributed by atoms with E-state index in [0.29, 0.717) is 0 Å². The van der Waals surface area contributed by atoms with Crippen molar-refractivity contribution in [2.45, 2.75) is 49.6 Å². The molecule has 2 aliphatic rings. The van der Waals surface area contributed by atoms with Gasteiger partial charge in [-0.1, -0.05) is 42.5 Å². The molecule has 6 heteroatoms. The molecule has 1 unspecified atom stereocenters. The van der Waals surface area contributed by atoms with Gasteiger partial charge in [-0.05, 0) is 55.9 Å². The number of aliphatic imine (C=N–C) groups is 1. The molecule has 0 spiro atoms. The Morgan fingerprint density at radius 2 is 1.72 bits per heavy atom. The van der Waals surface area contributed by atoms with E-state index in [1.54, 1.807) is 19.2 Å². The van der Waals surface area contributed by atoms with Gasteiger partial charge in [0.15, 0.2) is 5.96 Å². The maximum Gasteiger partial charge on any atom is 0.191 e. The first-order valence-corrected chi connectivity index (χ1v) is 11.7. The first-order chi connectivity index (χ1) is 15.5. The molecule has 0 radical (unpaired) electrons. The Balaban J connectivity index is 1.36. The molecule has 2 aromatic carbocycles. The summed E-state index contributed by atoms with van der Waals surface area (Å²) in [5.74, 6) is 0.615. The molecule has 1 heterocycles. The van der Waals surface area contributed by atoms with Gasteiger partial charge in [-0.25, -0.2) is 4.39 Å². The van der Waals surface area contributed by atoms with E-state index in [9.17, 15) is 4.39 Å². The summed E-state index contributed by atoms with van der Waals surface area (Å²) >= 11 is 0. The van der Waals surface area contributed by atoms with Gasteiger partial charge in [0.25, 0.3) is 0 Å². The number of rotatable bonds is 8. The normalized spacial score (nSPS) is 20.4. The SMILES string of the molecule is CN=C(NCC1(NC(C)c2ccccc2)CCOCC1)NCC1(c2cccc(F)c2)CC1. The lowest BCUT2D eigenvalue weighted by Gasteiger charge is -2.41. The van der Waals surface area contributed by atoms with E-state index in [1.165, 1.54) is 11.6 Å². The van der Waals surface area contributed by atoms with Crippen LogP contribution in [0.5, 0.6) is 0 Å². The molecule has 2 aromatic rings. The Morgan fingerprint density at radius 1 is 1.00 bits per heavy atom. The van der Waals surface area contributed by atoms with Crippen LogP contribution in [0, 0.1) is 5.82 Å². The first kappa shape index (κ1) is 22.7. The van der Waals surface area contributed by atoms with Crippen molar-refractivity contribution in [2.24, 2.45) is 4.99 Å². The lowest BCUT2D eigenvalue weighted by Crippen LogP contribution is -2.58. The topological polar surface area (TPSA) is 57.7 Å². The zero-order valence-electron chi connectivity index (χ0n) is 19.2. The van der Waals surface area contributed by atoms with E-state index < -0.39 is 0 Å². The number of benzene rings is 2. The Bertz CT molecular complexity index is 907. The molecule has 0 amide bonds. The van der Waals surface area contributed by atoms with Crippen molar-refractivity contribution in [2.75, 3.05) is 33.4 Å². The molecular weight excluding hydrogens is 403 g/mol. The van der Waals surface area contributed by atoms with Crippen molar-refractivity contribution in [1.82, 2.24) is 16.0 Å². The number of nitrogens with zero attached hydrogens (tertiary/aromatic N) is 1. The van der Waals surface area contributed by atoms with Gasteiger partial charge in [0.1, 0.15) is 5.82 Å². The number of halogens is 1. The summed E-state index contributed by atoms with van der Waals surface area (Å²) < 4.78 is 19.4. The summed E-state index contributed by atoms with van der Waals surface area (Å²) in [6, 6.07) is 17.8. The standard InChI is InChI=1S/C26H35FN4O/c1-20(21-7-4-3-5-8-21)31-26(13-15-32-16-14-26)19-30-24(28-2)29-18-25(11-12-25)22-9-6-10-23(27)17-22/h3-10,17,20,31H,11-16,18-19H2,1-2H3,(H2,28,29,30). The van der Waals surface area contributed by atoms with Crippen molar-refractivity contribution < 1.29 is 9.13 Å². The van der Waals surface area contributed by atoms with Crippen molar-refractivity contribution in [1.29, 1.82) is 0 Å². The molecule has 4 rings (SSSR count). The fourth-order valence-electron chi connectivity index (χ4n) is 4.68. The van der Waals surface area contributed by atoms with Gasteiger partial charge in [0.05, 0.1) is 0 Å². The molecule has 2 fully saturated rings. The Morgan fingerprint density at radius 3 is 2.38 bits per heavy atom. The van der Waals surface area contributed by atoms with Crippen LogP contribution in [0.2, 0.25) is 0 Å². The van der Waals surface area contributed by atoms with Gasteiger partial charge in [-0.3, -0.25) is 4.99 Å². The van der Waals surface area contributed by atoms with Gasteiger partial charge in [0, 0.05) is 50.3 Å². The molecule has 3 N–H and O–H groups in total. The quantitative estimate of drug-likeness (QED) is 0.432. The zero-order valence-corrected chi connectivity index (χ0v) is 19.2. The van der Waals surface area contributed by atoms with Gasteiger partial charge < -0.3 is 20.7 Å². The third kappa shape index (κ3) is 5.48. The fraction of sp³-hybridized carbons (Fsp3) is 0.500. The first-order valence-electron chi connectivity index (χ1n) is 11.7. The molecule has 32 heavy (non-hydrogen) atoms. The fourth-order valence-corrected chi connectivity index (χ4v) is 4.68. The van der Waals surface area contributed by atoms with Gasteiger partial charge in [-0.15, -0.1) is 0 Å². The summed E-state index contributed by atoms with van der Waals surface area (Å²) in [6.07, 6.45) is 4.03. The summed E-state index contributed by atoms with van der Waals surface area (Å²) in [7, 11) is 1.80. The molecule has 1 saturated carbocycles. The molecule has 0 aromatic heterocycles. The maximum atomic E-state index is 13.7. The lowest BCUT2D eigenvalue weighted by molar-refractivity contribution is 0.0355. The monoisotopic (exact) mass is 438 g/mol. The van der Waals surface area contributed by atoms with E-state index in [4.69, 9.17) is 4.74 Å². The van der Waals surface area contributed by atoms with E-state index in [-0.39, 0.29) is 22.8 Å². The lowest BCUT2D eigenvalue weighted by atomic mass is 9.88. The second-order valence-electron chi connectivity index (χ2n) is 9.24. The van der Waals surface area contributed by atoms with E-state index in [0.717, 1.165) is 63.5 Å². The van der Waals surface area contributed by atoms with Crippen LogP contribution in [0.3, 0.4) is 0 Å². The van der Waals surface area contributed by atoms with Crippen LogP contribution in [0.15, 0.2) is 59.6 Å². The molecule has 1 saturated heterocycles. The van der Waals surface area contributed by atoms with Crippen LogP contribution in [0.25, 0.3) is 0 Å². The predicted octanol–water partition coefficient (Wildman–Crippen LogP) is 3.92. The van der Waals surface area contributed by atoms with Crippen molar-refractivity contribution in [3.8, 4) is 0 Å². The second-order valence-corrected chi connectivity index (χ2v) is 9.24. The van der Waals surface area contributed by atoms with Crippen LogP contribution in [-0.2, 0) is 10.2 Å². The number of hydrogen-bond donors (Lipinski definition) is 3. The zero-order chi connectivity index (χ0) is 22.4. The maximum absolute atomic E-state index is 13.7. The molecule has 0 bridgehead atoms. The minimum absolute atomic E-state index is 0.0101. The molecule has 1 atom stereocenters. The van der Waals surface area contributed by atoms with E-state index >= 15 is 0 Å². The second kappa shape index (κ2) is 10.0. The molecule has 1 aliphatic carbocycles. The van der Waals surface area contributed by atoms with Crippen molar-refractivity contribution >= 4 is 5.96 Å². The highest BCUT2D eigenvalue weighted by atomic mass is 19.1. The molecule has 172 valence electrons. The summed E-state index contributed by atoms with van der Waals surface area (Å²) in [5.41, 5.74) is 2.30. The van der Waals surface area contributed by atoms with Crippen LogP contribution in [0.4, 0.5) is 4.39 Å². The van der Waals surface area contributed by atoms with E-state index in [1.807, 2.05) is 12.1 Å². The minimum atomic E-state index is -0.170. The number of nitrogens with one attached hydrogen (secondary N) is 3. The number of ether oxygens (including phenoxy) is 1. The highest BCUT2D eigenvalue weighted by Crippen LogP contribution is 2.47. The third-order valence-corrected chi connectivity index (χ3v) is 6.97. The van der Waals surface area contributed by atoms with Gasteiger partial charge in [-0.2, -0.15) is 0 Å². The smallest absolute Gasteiger partial charge is 0.191 e.